The molecule has 0 aliphatic heterocycles. The van der Waals surface area contributed by atoms with E-state index < -0.39 is 0 Å². The van der Waals surface area contributed by atoms with Gasteiger partial charge in [-0.15, -0.1) is 22.7 Å². The second-order valence-corrected chi connectivity index (χ2v) is 9.17. The van der Waals surface area contributed by atoms with Crippen LogP contribution in [0.1, 0.15) is 26.2 Å². The van der Waals surface area contributed by atoms with Gasteiger partial charge in [-0.2, -0.15) is 0 Å². The van der Waals surface area contributed by atoms with Crippen molar-refractivity contribution in [1.29, 1.82) is 0 Å². The molecule has 0 amide bonds. The van der Waals surface area contributed by atoms with Gasteiger partial charge in [0.05, 0.1) is 0 Å². The smallest absolute Gasteiger partial charge is 0.0491 e. The molecule has 3 heteroatoms. The van der Waals surface area contributed by atoms with Crippen LogP contribution in [-0.4, -0.2) is 4.57 Å². The van der Waals surface area contributed by atoms with Crippen molar-refractivity contribution >= 4 is 44.5 Å². The Morgan fingerprint density at radius 3 is 1.75 bits per heavy atom. The summed E-state index contributed by atoms with van der Waals surface area (Å²) in [6.45, 7) is 3.36. The van der Waals surface area contributed by atoms with Crippen LogP contribution in [0.15, 0.2) is 71.4 Å². The Morgan fingerprint density at radius 1 is 0.714 bits per heavy atom. The number of hydrogen-bond donors (Lipinski definition) is 0. The molecular formula is C25H23NS2. The van der Waals surface area contributed by atoms with Gasteiger partial charge in [0.1, 0.15) is 0 Å². The van der Waals surface area contributed by atoms with Gasteiger partial charge < -0.3 is 4.57 Å². The van der Waals surface area contributed by atoms with Crippen LogP contribution in [0.2, 0.25) is 0 Å². The third-order valence-electron chi connectivity index (χ3n) is 5.46. The fraction of sp³-hybridized carbons (Fsp3) is 0.200. The monoisotopic (exact) mass is 401 g/mol. The number of nitrogens with zero attached hydrogens (tertiary/aromatic N) is 1. The summed E-state index contributed by atoms with van der Waals surface area (Å²) < 4.78 is 2.52. The van der Waals surface area contributed by atoms with Crippen molar-refractivity contribution in [1.82, 2.24) is 4.57 Å². The minimum absolute atomic E-state index is 1.09. The minimum Gasteiger partial charge on any atom is -0.340 e. The van der Waals surface area contributed by atoms with Crippen LogP contribution in [0.5, 0.6) is 0 Å². The molecule has 0 atom stereocenters. The van der Waals surface area contributed by atoms with E-state index in [2.05, 4.69) is 82.9 Å². The van der Waals surface area contributed by atoms with Crippen molar-refractivity contribution in [2.45, 2.75) is 32.7 Å². The molecule has 3 heterocycles. The molecule has 28 heavy (non-hydrogen) atoms. The van der Waals surface area contributed by atoms with Crippen LogP contribution < -0.4 is 0 Å². The maximum Gasteiger partial charge on any atom is 0.0491 e. The predicted molar refractivity (Wildman–Crippen MR) is 126 cm³/mol. The summed E-state index contributed by atoms with van der Waals surface area (Å²) in [4.78, 5) is 2.67. The second-order valence-electron chi connectivity index (χ2n) is 7.28. The Morgan fingerprint density at radius 2 is 1.29 bits per heavy atom. The highest BCUT2D eigenvalue weighted by Gasteiger charge is 2.13. The lowest BCUT2D eigenvalue weighted by Gasteiger charge is -2.07. The fourth-order valence-corrected chi connectivity index (χ4v) is 5.50. The summed E-state index contributed by atoms with van der Waals surface area (Å²) in [5.74, 6) is 0. The van der Waals surface area contributed by atoms with Gasteiger partial charge in [0.15, 0.2) is 0 Å². The molecule has 0 bridgehead atoms. The standard InChI is InChI=1S/C25H23NS2/c1-2-3-4-13-26-22-11-9-18(24-7-5-14-27-24)16-20(22)21-17-19(10-12-23(21)26)25-8-6-15-28-25/h5-12,14-17H,2-4,13H2,1H3. The molecule has 0 saturated heterocycles. The molecule has 0 aliphatic carbocycles. The van der Waals surface area contributed by atoms with Gasteiger partial charge in [-0.1, -0.05) is 44.0 Å². The van der Waals surface area contributed by atoms with E-state index in [1.165, 1.54) is 61.9 Å². The van der Waals surface area contributed by atoms with Crippen LogP contribution >= 0.6 is 22.7 Å². The van der Waals surface area contributed by atoms with E-state index in [1.54, 1.807) is 0 Å². The molecule has 5 rings (SSSR count). The number of fused-ring (bicyclic) bond motifs is 3. The van der Waals surface area contributed by atoms with E-state index in [0.29, 0.717) is 0 Å². The van der Waals surface area contributed by atoms with Crippen molar-refractivity contribution in [3.05, 3.63) is 71.4 Å². The summed E-state index contributed by atoms with van der Waals surface area (Å²) in [6, 6.07) is 22.7. The Kier molecular flexibility index (Phi) is 4.79. The summed E-state index contributed by atoms with van der Waals surface area (Å²) >= 11 is 3.62. The van der Waals surface area contributed by atoms with E-state index in [9.17, 15) is 0 Å². The predicted octanol–water partition coefficient (Wildman–Crippen LogP) is 8.44. The number of rotatable bonds is 6. The molecule has 0 aliphatic rings. The molecule has 0 N–H and O–H groups in total. The maximum absolute atomic E-state index is 2.52. The minimum atomic E-state index is 1.09. The van der Waals surface area contributed by atoms with Crippen LogP contribution in [0.25, 0.3) is 42.7 Å². The fourth-order valence-electron chi connectivity index (χ4n) is 4.06. The van der Waals surface area contributed by atoms with Crippen LogP contribution in [-0.2, 0) is 6.54 Å². The molecule has 0 fully saturated rings. The highest BCUT2D eigenvalue weighted by molar-refractivity contribution is 7.13. The van der Waals surface area contributed by atoms with Gasteiger partial charge >= 0.3 is 0 Å². The van der Waals surface area contributed by atoms with E-state index in [1.807, 2.05) is 22.7 Å². The summed E-state index contributed by atoms with van der Waals surface area (Å²) in [5.41, 5.74) is 5.35. The number of hydrogen-bond acceptors (Lipinski definition) is 2. The van der Waals surface area contributed by atoms with Gasteiger partial charge in [-0.05, 0) is 64.7 Å². The largest absolute Gasteiger partial charge is 0.340 e. The van der Waals surface area contributed by atoms with E-state index in [4.69, 9.17) is 0 Å². The lowest BCUT2D eigenvalue weighted by molar-refractivity contribution is 0.627. The van der Waals surface area contributed by atoms with E-state index in [0.717, 1.165) is 6.54 Å². The molecule has 0 saturated carbocycles. The first-order valence-corrected chi connectivity index (χ1v) is 11.7. The highest BCUT2D eigenvalue weighted by Crippen LogP contribution is 2.37. The number of thiophene rings is 2. The second kappa shape index (κ2) is 7.57. The Labute approximate surface area is 173 Å². The average molecular weight is 402 g/mol. The zero-order valence-corrected chi connectivity index (χ0v) is 17.7. The zero-order chi connectivity index (χ0) is 18.9. The SMILES string of the molecule is CCCCCn1c2ccc(-c3cccs3)cc2c2cc(-c3cccs3)ccc21. The van der Waals surface area contributed by atoms with Gasteiger partial charge in [-0.25, -0.2) is 0 Å². The maximum atomic E-state index is 2.52. The first-order valence-electron chi connectivity index (χ1n) is 9.99. The van der Waals surface area contributed by atoms with Gasteiger partial charge in [0.2, 0.25) is 0 Å². The summed E-state index contributed by atoms with van der Waals surface area (Å²) in [7, 11) is 0. The quantitative estimate of drug-likeness (QED) is 0.252. The van der Waals surface area contributed by atoms with Crippen LogP contribution in [0.3, 0.4) is 0 Å². The third-order valence-corrected chi connectivity index (χ3v) is 7.30. The van der Waals surface area contributed by atoms with Crippen molar-refractivity contribution in [2.24, 2.45) is 0 Å². The Balaban J connectivity index is 1.73. The molecule has 2 aromatic carbocycles. The molecule has 0 radical (unpaired) electrons. The van der Waals surface area contributed by atoms with Gasteiger partial charge in [0, 0.05) is 38.1 Å². The first kappa shape index (κ1) is 17.7. The molecular weight excluding hydrogens is 378 g/mol. The Bertz CT molecular complexity index is 1120. The summed E-state index contributed by atoms with van der Waals surface area (Å²) in [6.07, 6.45) is 3.76. The van der Waals surface area contributed by atoms with E-state index >= 15 is 0 Å². The van der Waals surface area contributed by atoms with E-state index in [-0.39, 0.29) is 0 Å². The van der Waals surface area contributed by atoms with Crippen molar-refractivity contribution in [3.8, 4) is 20.9 Å². The van der Waals surface area contributed by atoms with Crippen molar-refractivity contribution < 1.29 is 0 Å². The summed E-state index contributed by atoms with van der Waals surface area (Å²) in [5, 5.41) is 7.05. The lowest BCUT2D eigenvalue weighted by atomic mass is 10.1. The van der Waals surface area contributed by atoms with Crippen molar-refractivity contribution in [2.75, 3.05) is 0 Å². The average Bonchev–Trinajstić information content (AvgIpc) is 3.49. The molecule has 1 nitrogen and oxygen atoms in total. The van der Waals surface area contributed by atoms with Gasteiger partial charge in [-0.3, -0.25) is 0 Å². The first-order chi connectivity index (χ1) is 13.8. The normalized spacial score (nSPS) is 11.6. The lowest BCUT2D eigenvalue weighted by Crippen LogP contribution is -1.97. The van der Waals surface area contributed by atoms with Crippen LogP contribution in [0, 0.1) is 0 Å². The zero-order valence-electron chi connectivity index (χ0n) is 16.0. The number of unbranched alkanes of at least 4 members (excludes halogenated alkanes) is 2. The van der Waals surface area contributed by atoms with Crippen LogP contribution in [0.4, 0.5) is 0 Å². The number of aryl methyl sites for hydroxylation is 1. The number of aromatic nitrogens is 1. The topological polar surface area (TPSA) is 4.93 Å². The molecule has 5 aromatic rings. The number of benzene rings is 2. The molecule has 140 valence electrons. The molecule has 0 unspecified atom stereocenters. The van der Waals surface area contributed by atoms with Crippen molar-refractivity contribution in [3.63, 3.8) is 0 Å². The highest BCUT2D eigenvalue weighted by atomic mass is 32.1. The Hall–Kier alpha value is -2.36. The molecule has 3 aromatic heterocycles. The van der Waals surface area contributed by atoms with Gasteiger partial charge in [0.25, 0.3) is 0 Å². The molecule has 0 spiro atoms. The third kappa shape index (κ3) is 3.09.